The number of piperidine rings is 1. The smallest absolute Gasteiger partial charge is 0.274 e. The first-order valence-corrected chi connectivity index (χ1v) is 10.3. The van der Waals surface area contributed by atoms with E-state index in [1.54, 1.807) is 17.2 Å². The van der Waals surface area contributed by atoms with Crippen LogP contribution in [0, 0.1) is 0 Å². The van der Waals surface area contributed by atoms with Gasteiger partial charge in [-0.15, -0.1) is 11.3 Å². The maximum absolute atomic E-state index is 12.8. The Morgan fingerprint density at radius 2 is 2.15 bits per heavy atom. The number of aromatic amines is 1. The highest BCUT2D eigenvalue weighted by atomic mass is 32.1. The largest absolute Gasteiger partial charge is 0.463 e. The van der Waals surface area contributed by atoms with Gasteiger partial charge in [-0.1, -0.05) is 0 Å². The number of amides is 1. The second-order valence-corrected chi connectivity index (χ2v) is 8.26. The molecule has 0 unspecified atom stereocenters. The Kier molecular flexibility index (Phi) is 4.33. The summed E-state index contributed by atoms with van der Waals surface area (Å²) in [7, 11) is 0. The fourth-order valence-electron chi connectivity index (χ4n) is 4.17. The minimum Gasteiger partial charge on any atom is -0.463 e. The quantitative estimate of drug-likeness (QED) is 0.754. The number of aromatic nitrogens is 2. The molecule has 2 aliphatic rings. The van der Waals surface area contributed by atoms with Crippen LogP contribution in [-0.4, -0.2) is 51.6 Å². The predicted octanol–water partition coefficient (Wildman–Crippen LogP) is 3.39. The molecule has 1 amide bonds. The maximum atomic E-state index is 12.8. The van der Waals surface area contributed by atoms with E-state index in [0.29, 0.717) is 17.5 Å². The van der Waals surface area contributed by atoms with Gasteiger partial charge in [-0.25, -0.2) is 0 Å². The molecule has 0 saturated carbocycles. The SMILES string of the molecule is O=C(c1cc(-c2ccco2)[nH]n1)N1CCC(N2CCc3sccc3C2)CC1. The number of hydrogen-bond donors (Lipinski definition) is 1. The molecular weight excluding hydrogens is 360 g/mol. The van der Waals surface area contributed by atoms with Crippen LogP contribution in [0.3, 0.4) is 0 Å². The number of thiophene rings is 1. The van der Waals surface area contributed by atoms with E-state index < -0.39 is 0 Å². The van der Waals surface area contributed by atoms with Gasteiger partial charge in [0.25, 0.3) is 5.91 Å². The van der Waals surface area contributed by atoms with Gasteiger partial charge in [0.05, 0.1) is 6.26 Å². The number of carbonyl (C=O) groups excluding carboxylic acids is 1. The van der Waals surface area contributed by atoms with Crippen LogP contribution >= 0.6 is 11.3 Å². The van der Waals surface area contributed by atoms with E-state index >= 15 is 0 Å². The second kappa shape index (κ2) is 6.98. The molecule has 6 nitrogen and oxygen atoms in total. The second-order valence-electron chi connectivity index (χ2n) is 7.26. The topological polar surface area (TPSA) is 65.4 Å². The van der Waals surface area contributed by atoms with Crippen molar-refractivity contribution in [3.8, 4) is 11.5 Å². The van der Waals surface area contributed by atoms with Gasteiger partial charge in [0.1, 0.15) is 5.69 Å². The van der Waals surface area contributed by atoms with Crippen LogP contribution in [-0.2, 0) is 13.0 Å². The Hall–Kier alpha value is -2.38. The van der Waals surface area contributed by atoms with Gasteiger partial charge in [-0.05, 0) is 48.4 Å². The molecule has 5 rings (SSSR count). The van der Waals surface area contributed by atoms with Crippen LogP contribution < -0.4 is 0 Å². The minimum atomic E-state index is 0.00118. The molecule has 0 spiro atoms. The highest BCUT2D eigenvalue weighted by molar-refractivity contribution is 7.10. The van der Waals surface area contributed by atoms with Crippen LogP contribution in [0.15, 0.2) is 40.3 Å². The number of nitrogens with zero attached hydrogens (tertiary/aromatic N) is 3. The molecule has 3 aromatic heterocycles. The summed E-state index contributed by atoms with van der Waals surface area (Å²) >= 11 is 1.88. The Balaban J connectivity index is 1.20. The monoisotopic (exact) mass is 382 g/mol. The molecule has 7 heteroatoms. The van der Waals surface area contributed by atoms with Crippen LogP contribution in [0.4, 0.5) is 0 Å². The van der Waals surface area contributed by atoms with Crippen LogP contribution in [0.5, 0.6) is 0 Å². The summed E-state index contributed by atoms with van der Waals surface area (Å²) in [6.07, 6.45) is 4.83. The average Bonchev–Trinajstić information content (AvgIpc) is 3.48. The van der Waals surface area contributed by atoms with Gasteiger partial charge in [0.2, 0.25) is 0 Å². The van der Waals surface area contributed by atoms with Crippen molar-refractivity contribution in [3.63, 3.8) is 0 Å². The number of hydrogen-bond acceptors (Lipinski definition) is 5. The highest BCUT2D eigenvalue weighted by Gasteiger charge is 2.30. The summed E-state index contributed by atoms with van der Waals surface area (Å²) in [5, 5.41) is 9.29. The van der Waals surface area contributed by atoms with Crippen molar-refractivity contribution >= 4 is 17.2 Å². The zero-order chi connectivity index (χ0) is 18.2. The zero-order valence-corrected chi connectivity index (χ0v) is 15.9. The fourth-order valence-corrected chi connectivity index (χ4v) is 5.06. The number of furan rings is 1. The maximum Gasteiger partial charge on any atom is 0.274 e. The first-order valence-electron chi connectivity index (χ1n) is 9.46. The third-order valence-corrected chi connectivity index (χ3v) is 6.71. The molecule has 0 aromatic carbocycles. The molecule has 0 radical (unpaired) electrons. The number of H-pyrrole nitrogens is 1. The molecule has 3 aromatic rings. The van der Waals surface area contributed by atoms with Gasteiger partial charge in [-0.3, -0.25) is 14.8 Å². The van der Waals surface area contributed by atoms with Gasteiger partial charge >= 0.3 is 0 Å². The zero-order valence-electron chi connectivity index (χ0n) is 15.1. The van der Waals surface area contributed by atoms with Gasteiger partial charge < -0.3 is 9.32 Å². The van der Waals surface area contributed by atoms with Gasteiger partial charge in [0, 0.05) is 43.2 Å². The van der Waals surface area contributed by atoms with Crippen LogP contribution in [0.2, 0.25) is 0 Å². The van der Waals surface area contributed by atoms with E-state index in [0.717, 1.165) is 51.1 Å². The van der Waals surface area contributed by atoms with Crippen LogP contribution in [0.1, 0.15) is 33.8 Å². The first kappa shape index (κ1) is 16.8. The number of nitrogens with one attached hydrogen (secondary N) is 1. The molecule has 140 valence electrons. The van der Waals surface area contributed by atoms with Crippen molar-refractivity contribution < 1.29 is 9.21 Å². The molecule has 1 N–H and O–H groups in total. The van der Waals surface area contributed by atoms with E-state index in [1.807, 2.05) is 28.4 Å². The highest BCUT2D eigenvalue weighted by Crippen LogP contribution is 2.28. The van der Waals surface area contributed by atoms with E-state index in [9.17, 15) is 4.79 Å². The molecule has 2 aliphatic heterocycles. The van der Waals surface area contributed by atoms with E-state index in [2.05, 4.69) is 26.5 Å². The van der Waals surface area contributed by atoms with Crippen molar-refractivity contribution in [1.29, 1.82) is 0 Å². The van der Waals surface area contributed by atoms with E-state index in [-0.39, 0.29) is 5.91 Å². The summed E-state index contributed by atoms with van der Waals surface area (Å²) < 4.78 is 5.36. The Morgan fingerprint density at radius 3 is 2.96 bits per heavy atom. The molecule has 0 bridgehead atoms. The van der Waals surface area contributed by atoms with Crippen molar-refractivity contribution in [3.05, 3.63) is 52.0 Å². The predicted molar refractivity (Wildman–Crippen MR) is 104 cm³/mol. The first-order chi connectivity index (χ1) is 13.3. The molecular formula is C20H22N4O2S. The average molecular weight is 382 g/mol. The summed E-state index contributed by atoms with van der Waals surface area (Å²) in [6.45, 7) is 3.78. The molecule has 1 saturated heterocycles. The third kappa shape index (κ3) is 3.21. The summed E-state index contributed by atoms with van der Waals surface area (Å²) in [4.78, 5) is 18.9. The van der Waals surface area contributed by atoms with E-state index in [1.165, 1.54) is 5.56 Å². The van der Waals surface area contributed by atoms with Gasteiger partial charge in [-0.2, -0.15) is 5.10 Å². The third-order valence-electron chi connectivity index (χ3n) is 5.69. The summed E-state index contributed by atoms with van der Waals surface area (Å²) in [6, 6.07) is 8.28. The summed E-state index contributed by atoms with van der Waals surface area (Å²) in [5.41, 5.74) is 2.69. The Bertz CT molecular complexity index is 922. The van der Waals surface area contributed by atoms with E-state index in [4.69, 9.17) is 4.42 Å². The lowest BCUT2D eigenvalue weighted by atomic mass is 9.99. The normalized spacial score (nSPS) is 18.6. The van der Waals surface area contributed by atoms with Crippen LogP contribution in [0.25, 0.3) is 11.5 Å². The molecule has 5 heterocycles. The Labute approximate surface area is 161 Å². The molecule has 27 heavy (non-hydrogen) atoms. The standard InChI is InChI=1S/C20H22N4O2S/c25-20(17-12-16(21-22-17)18-2-1-10-26-18)23-7-3-15(4-8-23)24-9-5-19-14(13-24)6-11-27-19/h1-2,6,10-12,15H,3-5,7-9,13H2,(H,21,22). The number of likely N-dealkylation sites (tertiary alicyclic amines) is 1. The van der Waals surface area contributed by atoms with Crippen molar-refractivity contribution in [2.75, 3.05) is 19.6 Å². The van der Waals surface area contributed by atoms with Crippen molar-refractivity contribution in [1.82, 2.24) is 20.0 Å². The molecule has 0 aliphatic carbocycles. The lowest BCUT2D eigenvalue weighted by Crippen LogP contribution is -2.48. The number of fused-ring (bicyclic) bond motifs is 1. The van der Waals surface area contributed by atoms with Crippen molar-refractivity contribution in [2.24, 2.45) is 0 Å². The lowest BCUT2D eigenvalue weighted by Gasteiger charge is -2.40. The Morgan fingerprint density at radius 1 is 1.26 bits per heavy atom. The molecule has 0 atom stereocenters. The molecule has 1 fully saturated rings. The number of carbonyl (C=O) groups is 1. The minimum absolute atomic E-state index is 0.00118. The lowest BCUT2D eigenvalue weighted by molar-refractivity contribution is 0.0595. The fraction of sp³-hybridized carbons (Fsp3) is 0.400. The van der Waals surface area contributed by atoms with Crippen molar-refractivity contribution in [2.45, 2.75) is 31.8 Å². The number of rotatable bonds is 3. The summed E-state index contributed by atoms with van der Waals surface area (Å²) in [5.74, 6) is 0.694. The van der Waals surface area contributed by atoms with Gasteiger partial charge in [0.15, 0.2) is 11.5 Å².